The second kappa shape index (κ2) is 8.55. The van der Waals surface area contributed by atoms with E-state index in [0.29, 0.717) is 25.9 Å². The third-order valence-corrected chi connectivity index (χ3v) is 2.82. The van der Waals surface area contributed by atoms with Crippen LogP contribution in [0.15, 0.2) is 0 Å². The summed E-state index contributed by atoms with van der Waals surface area (Å²) in [6.45, 7) is 8.20. The molecule has 0 saturated heterocycles. The van der Waals surface area contributed by atoms with Gasteiger partial charge in [-0.25, -0.2) is 0 Å². The van der Waals surface area contributed by atoms with Gasteiger partial charge in [0, 0.05) is 24.9 Å². The normalized spacial score (nSPS) is 10.8. The highest BCUT2D eigenvalue weighted by molar-refractivity contribution is 5.82. The van der Waals surface area contributed by atoms with E-state index in [-0.39, 0.29) is 18.4 Å². The summed E-state index contributed by atoms with van der Waals surface area (Å²) >= 11 is 0. The monoisotopic (exact) mass is 286 g/mol. The lowest BCUT2D eigenvalue weighted by Crippen LogP contribution is -2.37. The van der Waals surface area contributed by atoms with Gasteiger partial charge >= 0.3 is 5.97 Å². The zero-order valence-electron chi connectivity index (χ0n) is 13.1. The van der Waals surface area contributed by atoms with Crippen LogP contribution in [0.2, 0.25) is 0 Å². The van der Waals surface area contributed by atoms with Crippen LogP contribution in [0.25, 0.3) is 0 Å². The largest absolute Gasteiger partial charge is 0.468 e. The number of likely N-dealkylation sites (N-methyl/N-ethyl adjacent to an activating group) is 1. The molecule has 0 aromatic heterocycles. The fraction of sp³-hybridized carbons (Fsp3) is 0.786. The van der Waals surface area contributed by atoms with Crippen LogP contribution in [0.4, 0.5) is 0 Å². The molecule has 0 aromatic rings. The number of carbonyl (C=O) groups excluding carboxylic acids is 3. The van der Waals surface area contributed by atoms with Crippen molar-refractivity contribution in [2.45, 2.75) is 40.5 Å². The third kappa shape index (κ3) is 7.11. The van der Waals surface area contributed by atoms with Crippen LogP contribution in [0, 0.1) is 5.41 Å². The van der Waals surface area contributed by atoms with E-state index >= 15 is 0 Å². The van der Waals surface area contributed by atoms with E-state index in [4.69, 9.17) is 0 Å². The van der Waals surface area contributed by atoms with Gasteiger partial charge in [0.05, 0.1) is 7.11 Å². The van der Waals surface area contributed by atoms with Gasteiger partial charge in [-0.1, -0.05) is 20.8 Å². The lowest BCUT2D eigenvalue weighted by Gasteiger charge is -2.20. The second-order valence-electron chi connectivity index (χ2n) is 5.59. The van der Waals surface area contributed by atoms with Crippen molar-refractivity contribution in [3.05, 3.63) is 0 Å². The Morgan fingerprint density at radius 3 is 2.25 bits per heavy atom. The first-order chi connectivity index (χ1) is 9.22. The maximum Gasteiger partial charge on any atom is 0.325 e. The van der Waals surface area contributed by atoms with Crippen molar-refractivity contribution in [1.29, 1.82) is 0 Å². The molecule has 0 aliphatic carbocycles. The van der Waals surface area contributed by atoms with Gasteiger partial charge in [-0.2, -0.15) is 0 Å². The van der Waals surface area contributed by atoms with Gasteiger partial charge in [-0.3, -0.25) is 14.4 Å². The number of nitrogens with zero attached hydrogens (tertiary/aromatic N) is 1. The van der Waals surface area contributed by atoms with E-state index in [0.717, 1.165) is 0 Å². The lowest BCUT2D eigenvalue weighted by molar-refractivity contribution is -0.146. The number of methoxy groups -OCH3 is 1. The number of amides is 2. The molecule has 0 aliphatic rings. The second-order valence-corrected chi connectivity index (χ2v) is 5.59. The Bertz CT molecular complexity index is 348. The number of nitrogens with one attached hydrogen (secondary N) is 1. The molecule has 0 heterocycles. The Labute approximate surface area is 120 Å². The van der Waals surface area contributed by atoms with Gasteiger partial charge in [0.2, 0.25) is 11.8 Å². The maximum atomic E-state index is 11.9. The van der Waals surface area contributed by atoms with Crippen LogP contribution >= 0.6 is 0 Å². The summed E-state index contributed by atoms with van der Waals surface area (Å²) in [4.78, 5) is 36.1. The summed E-state index contributed by atoms with van der Waals surface area (Å²) in [6.07, 6.45) is 0.855. The van der Waals surface area contributed by atoms with E-state index in [1.54, 1.807) is 0 Å². The first-order valence-electron chi connectivity index (χ1n) is 6.85. The summed E-state index contributed by atoms with van der Waals surface area (Å²) in [5, 5.41) is 2.79. The zero-order valence-corrected chi connectivity index (χ0v) is 13.1. The van der Waals surface area contributed by atoms with E-state index in [1.165, 1.54) is 12.0 Å². The number of esters is 1. The van der Waals surface area contributed by atoms with Crippen molar-refractivity contribution < 1.29 is 19.1 Å². The number of rotatable bonds is 7. The predicted octanol–water partition coefficient (Wildman–Crippen LogP) is 0.950. The minimum Gasteiger partial charge on any atom is -0.468 e. The summed E-state index contributed by atoms with van der Waals surface area (Å²) in [5.41, 5.74) is -0.426. The Morgan fingerprint density at radius 2 is 1.80 bits per heavy atom. The van der Waals surface area contributed by atoms with Crippen molar-refractivity contribution in [1.82, 2.24) is 10.2 Å². The highest BCUT2D eigenvalue weighted by atomic mass is 16.5. The minimum atomic E-state index is -0.429. The summed E-state index contributed by atoms with van der Waals surface area (Å²) < 4.78 is 4.54. The molecule has 0 aromatic carbocycles. The van der Waals surface area contributed by atoms with Crippen LogP contribution in [-0.2, 0) is 19.1 Å². The highest BCUT2D eigenvalue weighted by Gasteiger charge is 2.20. The van der Waals surface area contributed by atoms with Crippen LogP contribution in [-0.4, -0.2) is 49.4 Å². The maximum absolute atomic E-state index is 11.9. The molecule has 0 radical (unpaired) electrons. The molecule has 0 atom stereocenters. The quantitative estimate of drug-likeness (QED) is 0.558. The van der Waals surface area contributed by atoms with Crippen molar-refractivity contribution in [2.75, 3.05) is 26.7 Å². The molecule has 20 heavy (non-hydrogen) atoms. The molecular weight excluding hydrogens is 260 g/mol. The SMILES string of the molecule is CCN(CC(=O)OC)C(=O)CCCNC(=O)C(C)(C)C. The van der Waals surface area contributed by atoms with Crippen molar-refractivity contribution in [3.63, 3.8) is 0 Å². The van der Waals surface area contributed by atoms with E-state index in [1.807, 2.05) is 27.7 Å². The molecule has 0 spiro atoms. The Morgan fingerprint density at radius 1 is 1.20 bits per heavy atom. The molecule has 1 N–H and O–H groups in total. The van der Waals surface area contributed by atoms with Gasteiger partial charge in [-0.15, -0.1) is 0 Å². The molecule has 0 unspecified atom stereocenters. The van der Waals surface area contributed by atoms with E-state index in [2.05, 4.69) is 10.1 Å². The van der Waals surface area contributed by atoms with Gasteiger partial charge in [0.1, 0.15) is 6.54 Å². The number of carbonyl (C=O) groups is 3. The molecule has 0 fully saturated rings. The van der Waals surface area contributed by atoms with Gasteiger partial charge < -0.3 is 15.0 Å². The smallest absolute Gasteiger partial charge is 0.325 e. The Balaban J connectivity index is 4.03. The van der Waals surface area contributed by atoms with Gasteiger partial charge in [0.15, 0.2) is 0 Å². The molecule has 0 aliphatic heterocycles. The average Bonchev–Trinajstić information content (AvgIpc) is 2.38. The summed E-state index contributed by atoms with van der Waals surface area (Å²) in [5.74, 6) is -0.573. The topological polar surface area (TPSA) is 75.7 Å². The molecule has 0 bridgehead atoms. The number of ether oxygens (including phenoxy) is 1. The molecular formula is C14H26N2O4. The molecule has 0 saturated carbocycles. The summed E-state index contributed by atoms with van der Waals surface area (Å²) in [6, 6.07) is 0. The van der Waals surface area contributed by atoms with E-state index in [9.17, 15) is 14.4 Å². The third-order valence-electron chi connectivity index (χ3n) is 2.82. The fourth-order valence-electron chi connectivity index (χ4n) is 1.46. The first-order valence-corrected chi connectivity index (χ1v) is 6.85. The fourth-order valence-corrected chi connectivity index (χ4v) is 1.46. The van der Waals surface area contributed by atoms with Crippen LogP contribution in [0.5, 0.6) is 0 Å². The Hall–Kier alpha value is -1.59. The van der Waals surface area contributed by atoms with Crippen molar-refractivity contribution in [3.8, 4) is 0 Å². The molecule has 2 amide bonds. The lowest BCUT2D eigenvalue weighted by atomic mass is 9.96. The molecule has 6 heteroatoms. The number of hydrogen-bond donors (Lipinski definition) is 1. The molecule has 6 nitrogen and oxygen atoms in total. The molecule has 116 valence electrons. The van der Waals surface area contributed by atoms with Crippen molar-refractivity contribution in [2.24, 2.45) is 5.41 Å². The highest BCUT2D eigenvalue weighted by Crippen LogP contribution is 2.12. The van der Waals surface area contributed by atoms with E-state index < -0.39 is 11.4 Å². The zero-order chi connectivity index (χ0) is 15.8. The average molecular weight is 286 g/mol. The molecule has 0 rings (SSSR count). The summed E-state index contributed by atoms with van der Waals surface area (Å²) in [7, 11) is 1.29. The predicted molar refractivity (Wildman–Crippen MR) is 76.0 cm³/mol. The van der Waals surface area contributed by atoms with Gasteiger partial charge in [-0.05, 0) is 13.3 Å². The van der Waals surface area contributed by atoms with Crippen molar-refractivity contribution >= 4 is 17.8 Å². The van der Waals surface area contributed by atoms with Gasteiger partial charge in [0.25, 0.3) is 0 Å². The van der Waals surface area contributed by atoms with Crippen LogP contribution in [0.3, 0.4) is 0 Å². The first kappa shape index (κ1) is 18.4. The number of hydrogen-bond acceptors (Lipinski definition) is 4. The standard InChI is InChI=1S/C14H26N2O4/c1-6-16(10-12(18)20-5)11(17)8-7-9-15-13(19)14(2,3)4/h6-10H2,1-5H3,(H,15,19). The van der Waals surface area contributed by atoms with Crippen LogP contribution in [0.1, 0.15) is 40.5 Å². The Kier molecular flexibility index (Phi) is 7.87. The minimum absolute atomic E-state index is 0.0276. The van der Waals surface area contributed by atoms with Crippen LogP contribution < -0.4 is 5.32 Å².